The van der Waals surface area contributed by atoms with Crippen molar-refractivity contribution in [3.63, 3.8) is 0 Å². The molecule has 2 amide bonds. The molecule has 0 bridgehead atoms. The van der Waals surface area contributed by atoms with Crippen LogP contribution < -0.4 is 15.4 Å². The fourth-order valence-corrected chi connectivity index (χ4v) is 2.56. The van der Waals surface area contributed by atoms with Crippen molar-refractivity contribution in [3.05, 3.63) is 29.8 Å². The van der Waals surface area contributed by atoms with Gasteiger partial charge < -0.3 is 20.1 Å². The molecule has 146 valence electrons. The highest BCUT2D eigenvalue weighted by Crippen LogP contribution is 2.11. The van der Waals surface area contributed by atoms with Crippen LogP contribution in [-0.2, 0) is 26.2 Å². The maximum absolute atomic E-state index is 12.2. The third-order valence-electron chi connectivity index (χ3n) is 3.01. The van der Waals surface area contributed by atoms with E-state index in [0.29, 0.717) is 5.75 Å². The topological polar surface area (TPSA) is 131 Å². The minimum absolute atomic E-state index is 0.0980. The molecule has 1 aromatic rings. The predicted molar refractivity (Wildman–Crippen MR) is 94.4 cm³/mol. The Bertz CT molecular complexity index is 724. The Labute approximate surface area is 152 Å². The Hall–Kier alpha value is -2.33. The van der Waals surface area contributed by atoms with Gasteiger partial charge in [-0.25, -0.2) is 4.79 Å². The highest BCUT2D eigenvalue weighted by Gasteiger charge is 2.28. The second-order valence-corrected chi connectivity index (χ2v) is 8.01. The third-order valence-corrected chi connectivity index (χ3v) is 3.77. The summed E-state index contributed by atoms with van der Waals surface area (Å²) >= 11 is 0. The molecule has 0 radical (unpaired) electrons. The van der Waals surface area contributed by atoms with Gasteiger partial charge >= 0.3 is 6.09 Å². The molecule has 0 aromatic heterocycles. The number of ether oxygens (including phenoxy) is 2. The molecule has 0 saturated heterocycles. The maximum atomic E-state index is 12.2. The van der Waals surface area contributed by atoms with Gasteiger partial charge in [0.1, 0.15) is 23.1 Å². The van der Waals surface area contributed by atoms with E-state index in [1.165, 1.54) is 7.11 Å². The van der Waals surface area contributed by atoms with E-state index in [9.17, 15) is 18.0 Å². The van der Waals surface area contributed by atoms with Crippen molar-refractivity contribution in [2.75, 3.05) is 12.9 Å². The van der Waals surface area contributed by atoms with Crippen molar-refractivity contribution in [2.45, 2.75) is 39.0 Å². The van der Waals surface area contributed by atoms with Crippen LogP contribution in [-0.4, -0.2) is 49.5 Å². The minimum Gasteiger partial charge on any atom is -0.497 e. The molecule has 0 heterocycles. The van der Waals surface area contributed by atoms with Crippen LogP contribution in [0.2, 0.25) is 0 Å². The molecule has 1 rings (SSSR count). The Morgan fingerprint density at radius 2 is 1.77 bits per heavy atom. The monoisotopic (exact) mass is 388 g/mol. The molecule has 0 spiro atoms. The van der Waals surface area contributed by atoms with Crippen LogP contribution >= 0.6 is 0 Å². The molecule has 0 fully saturated rings. The second kappa shape index (κ2) is 8.86. The van der Waals surface area contributed by atoms with Crippen LogP contribution in [0.4, 0.5) is 4.79 Å². The van der Waals surface area contributed by atoms with E-state index in [2.05, 4.69) is 10.6 Å². The average molecular weight is 388 g/mol. The maximum Gasteiger partial charge on any atom is 0.408 e. The molecule has 9 nitrogen and oxygen atoms in total. The van der Waals surface area contributed by atoms with Crippen molar-refractivity contribution >= 4 is 22.1 Å². The van der Waals surface area contributed by atoms with Crippen molar-refractivity contribution in [2.24, 2.45) is 0 Å². The van der Waals surface area contributed by atoms with Gasteiger partial charge in [0.05, 0.1) is 7.11 Å². The van der Waals surface area contributed by atoms with E-state index < -0.39 is 39.5 Å². The fourth-order valence-electron chi connectivity index (χ4n) is 1.90. The number of benzene rings is 1. The summed E-state index contributed by atoms with van der Waals surface area (Å²) in [6.07, 6.45) is -0.967. The lowest BCUT2D eigenvalue weighted by atomic mass is 10.2. The molecule has 10 heteroatoms. The zero-order valence-electron chi connectivity index (χ0n) is 15.1. The van der Waals surface area contributed by atoms with Gasteiger partial charge in [-0.05, 0) is 38.5 Å². The molecule has 0 unspecified atom stereocenters. The predicted octanol–water partition coefficient (Wildman–Crippen LogP) is 1.09. The summed E-state index contributed by atoms with van der Waals surface area (Å²) in [5.41, 5.74) is -0.0891. The van der Waals surface area contributed by atoms with Crippen LogP contribution in [0.25, 0.3) is 0 Å². The minimum atomic E-state index is -4.50. The van der Waals surface area contributed by atoms with Crippen LogP contribution in [0, 0.1) is 0 Å². The quantitative estimate of drug-likeness (QED) is 0.596. The Morgan fingerprint density at radius 3 is 2.23 bits per heavy atom. The lowest BCUT2D eigenvalue weighted by Gasteiger charge is -2.22. The van der Waals surface area contributed by atoms with Crippen LogP contribution in [0.5, 0.6) is 5.75 Å². The summed E-state index contributed by atoms with van der Waals surface area (Å²) in [6, 6.07) is 5.35. The highest BCUT2D eigenvalue weighted by molar-refractivity contribution is 7.85. The fraction of sp³-hybridized carbons (Fsp3) is 0.500. The van der Waals surface area contributed by atoms with Gasteiger partial charge in [-0.15, -0.1) is 0 Å². The average Bonchev–Trinajstić information content (AvgIpc) is 2.49. The lowest BCUT2D eigenvalue weighted by molar-refractivity contribution is -0.122. The van der Waals surface area contributed by atoms with Crippen LogP contribution in [0.15, 0.2) is 24.3 Å². The molecule has 0 aliphatic heterocycles. The summed E-state index contributed by atoms with van der Waals surface area (Å²) in [5.74, 6) is -1.10. The number of carbonyl (C=O) groups excluding carboxylic acids is 2. The van der Waals surface area contributed by atoms with Crippen molar-refractivity contribution in [3.8, 4) is 5.75 Å². The van der Waals surface area contributed by atoms with Gasteiger partial charge in [-0.1, -0.05) is 12.1 Å². The zero-order chi connectivity index (χ0) is 20.0. The van der Waals surface area contributed by atoms with E-state index in [0.717, 1.165) is 5.56 Å². The summed E-state index contributed by atoms with van der Waals surface area (Å²) in [6.45, 7) is 4.96. The smallest absolute Gasteiger partial charge is 0.408 e. The summed E-state index contributed by atoms with van der Waals surface area (Å²) in [4.78, 5) is 24.0. The molecule has 26 heavy (non-hydrogen) atoms. The molecular formula is C16H24N2O7S. The highest BCUT2D eigenvalue weighted by atomic mass is 32.2. The Morgan fingerprint density at radius 1 is 1.19 bits per heavy atom. The number of rotatable bonds is 7. The Balaban J connectivity index is 2.75. The third kappa shape index (κ3) is 8.67. The Kier molecular flexibility index (Phi) is 7.40. The largest absolute Gasteiger partial charge is 0.497 e. The van der Waals surface area contributed by atoms with Crippen molar-refractivity contribution < 1.29 is 32.0 Å². The van der Waals surface area contributed by atoms with Crippen LogP contribution in [0.3, 0.4) is 0 Å². The van der Waals surface area contributed by atoms with Gasteiger partial charge in [0.2, 0.25) is 5.91 Å². The van der Waals surface area contributed by atoms with E-state index in [1.807, 2.05) is 0 Å². The molecule has 0 saturated carbocycles. The summed E-state index contributed by atoms with van der Waals surface area (Å²) < 4.78 is 41.3. The SMILES string of the molecule is COc1ccc(CNC(=O)[C@H](CS(=O)(=O)O)NC(=O)OC(C)(C)C)cc1. The normalized spacial score (nSPS) is 12.8. The molecular weight excluding hydrogens is 364 g/mol. The first-order valence-corrected chi connectivity index (χ1v) is 9.36. The number of methoxy groups -OCH3 is 1. The first-order valence-electron chi connectivity index (χ1n) is 7.75. The molecule has 1 atom stereocenters. The van der Waals surface area contributed by atoms with E-state index in [1.54, 1.807) is 45.0 Å². The molecule has 1 aromatic carbocycles. The van der Waals surface area contributed by atoms with Gasteiger partial charge in [-0.3, -0.25) is 9.35 Å². The van der Waals surface area contributed by atoms with Gasteiger partial charge in [0.15, 0.2) is 0 Å². The lowest BCUT2D eigenvalue weighted by Crippen LogP contribution is -2.51. The second-order valence-electron chi connectivity index (χ2n) is 6.51. The molecule has 0 aliphatic rings. The number of hydrogen-bond acceptors (Lipinski definition) is 6. The molecule has 0 aliphatic carbocycles. The van der Waals surface area contributed by atoms with E-state index >= 15 is 0 Å². The van der Waals surface area contributed by atoms with Gasteiger partial charge in [-0.2, -0.15) is 8.42 Å². The zero-order valence-corrected chi connectivity index (χ0v) is 15.9. The van der Waals surface area contributed by atoms with Crippen molar-refractivity contribution in [1.82, 2.24) is 10.6 Å². The standard InChI is InChI=1S/C16H24N2O7S/c1-16(2,3)25-15(20)18-13(10-26(21,22)23)14(19)17-9-11-5-7-12(24-4)8-6-11/h5-8,13H,9-10H2,1-4H3,(H,17,19)(H,18,20)(H,21,22,23)/t13-/m0/s1. The summed E-state index contributed by atoms with van der Waals surface area (Å²) in [5, 5.41) is 4.65. The number of alkyl carbamates (subject to hydrolysis) is 1. The number of carbonyl (C=O) groups is 2. The first-order chi connectivity index (χ1) is 11.9. The van der Waals surface area contributed by atoms with E-state index in [-0.39, 0.29) is 6.54 Å². The van der Waals surface area contributed by atoms with Gasteiger partial charge in [0.25, 0.3) is 10.1 Å². The number of hydrogen-bond donors (Lipinski definition) is 3. The molecule has 3 N–H and O–H groups in total. The van der Waals surface area contributed by atoms with Crippen LogP contribution in [0.1, 0.15) is 26.3 Å². The van der Waals surface area contributed by atoms with Gasteiger partial charge in [0, 0.05) is 6.54 Å². The van der Waals surface area contributed by atoms with E-state index in [4.69, 9.17) is 14.0 Å². The first kappa shape index (κ1) is 21.7. The number of amides is 2. The summed E-state index contributed by atoms with van der Waals surface area (Å²) in [7, 11) is -2.97. The van der Waals surface area contributed by atoms with Crippen molar-refractivity contribution in [1.29, 1.82) is 0 Å². The number of nitrogens with one attached hydrogen (secondary N) is 2.